The van der Waals surface area contributed by atoms with E-state index in [-0.39, 0.29) is 89.1 Å². The van der Waals surface area contributed by atoms with Crippen molar-refractivity contribution in [2.75, 3.05) is 51.4 Å². The SMILES string of the molecule is C#Cc1c(F)ccc2cc(O)cc(-c3ncc4c(N5CC6CCC(C5)N6C(=O)CC(C)CC)nc(OC)nc4c3F)c12.CCCCCCCCC(=O)OCC(COC(=O)CCCCCCCC)OC=O.F[C@@H]1CC2CCCN2C1. The van der Waals surface area contributed by atoms with E-state index in [2.05, 4.69) is 58.4 Å². The number of phenolic OH excluding ortho intramolecular Hbond substituents is 1. The van der Waals surface area contributed by atoms with Crippen molar-refractivity contribution in [3.05, 3.63) is 47.7 Å². The van der Waals surface area contributed by atoms with Gasteiger partial charge >= 0.3 is 17.9 Å². The molecular weight excluding hydrogens is 1020 g/mol. The minimum absolute atomic E-state index is 0.0210. The van der Waals surface area contributed by atoms with Gasteiger partial charge in [0, 0.05) is 74.2 Å². The number of ether oxygens (including phenoxy) is 4. The van der Waals surface area contributed by atoms with Gasteiger partial charge in [-0.2, -0.15) is 9.97 Å². The normalized spacial score (nSPS) is 18.8. The molecule has 0 saturated carbocycles. The minimum Gasteiger partial charge on any atom is -0.508 e. The van der Waals surface area contributed by atoms with Gasteiger partial charge in [0.15, 0.2) is 11.9 Å². The molecule has 2 bridgehead atoms. The van der Waals surface area contributed by atoms with Crippen molar-refractivity contribution in [2.45, 2.75) is 193 Å². The summed E-state index contributed by atoms with van der Waals surface area (Å²) in [5.41, 5.74) is -0.0826. The molecule has 1 amide bonds. The summed E-state index contributed by atoms with van der Waals surface area (Å²) >= 11 is 0. The van der Waals surface area contributed by atoms with Crippen LogP contribution in [0.1, 0.15) is 168 Å². The number of aromatic nitrogens is 3. The summed E-state index contributed by atoms with van der Waals surface area (Å²) in [4.78, 5) is 66.9. The Balaban J connectivity index is 0.000000233. The summed E-state index contributed by atoms with van der Waals surface area (Å²) in [6.07, 6.45) is 26.3. The summed E-state index contributed by atoms with van der Waals surface area (Å²) in [7, 11) is 1.41. The number of pyridine rings is 1. The molecule has 15 nitrogen and oxygen atoms in total. The van der Waals surface area contributed by atoms with Gasteiger partial charge in [-0.3, -0.25) is 29.1 Å². The number of aromatic hydroxyl groups is 1. The molecule has 79 heavy (non-hydrogen) atoms. The van der Waals surface area contributed by atoms with Gasteiger partial charge in [-0.25, -0.2) is 13.2 Å². The number of unbranched alkanes of at least 4 members (excludes halogenated alkanes) is 10. The monoisotopic (exact) mass is 1100 g/mol. The predicted octanol–water partition coefficient (Wildman–Crippen LogP) is 11.7. The molecule has 4 saturated heterocycles. The number of carbonyl (C=O) groups excluding carboxylic acids is 4. The lowest BCUT2D eigenvalue weighted by Gasteiger charge is -2.42. The van der Waals surface area contributed by atoms with E-state index in [0.29, 0.717) is 67.4 Å². The molecule has 4 aliphatic rings. The molecule has 4 unspecified atom stereocenters. The lowest BCUT2D eigenvalue weighted by Crippen LogP contribution is -2.56. The van der Waals surface area contributed by atoms with Crippen molar-refractivity contribution in [1.29, 1.82) is 0 Å². The zero-order valence-electron chi connectivity index (χ0n) is 47.1. The van der Waals surface area contributed by atoms with E-state index in [4.69, 9.17) is 25.4 Å². The molecule has 4 aromatic rings. The maximum Gasteiger partial charge on any atom is 0.318 e. The Labute approximate surface area is 464 Å². The highest BCUT2D eigenvalue weighted by atomic mass is 19.1. The largest absolute Gasteiger partial charge is 0.508 e. The standard InChI is InChI=1S/C32H31F2N5O3.C22H40O6.C7H12FN/c1-5-17(3)11-26(41)39-19-8-9-20(39)16-38(15-19)31-24-14-35-29(28(34)30(24)36-32(37-31)42-4)23-13-21(40)12-18-7-10-25(33)22(6-2)27(18)23;1-3-5-7-9-11-13-15-21(24)26-17-20(28-19-23)18-27-22(25)16-14-12-10-8-6-4-2;8-6-4-7-2-1-3-9(7)5-6/h2,7,10,12-14,17,19-20,40H,5,8-9,11,15-16H2,1,3-4H3;19-20H,3-18H2,1-2H3;6-7H,1-5H2/t;;6-,7?/m..1/s1. The Morgan fingerprint density at radius 3 is 2.08 bits per heavy atom. The highest BCUT2D eigenvalue weighted by Gasteiger charge is 2.43. The third kappa shape index (κ3) is 17.4. The Bertz CT molecular complexity index is 2630. The number of esters is 2. The fourth-order valence-corrected chi connectivity index (χ4v) is 11.2. The zero-order chi connectivity index (χ0) is 56.8. The van der Waals surface area contributed by atoms with Gasteiger partial charge in [0.2, 0.25) is 5.91 Å². The molecule has 2 aromatic heterocycles. The van der Waals surface area contributed by atoms with Crippen LogP contribution >= 0.6 is 0 Å². The Hall–Kier alpha value is -6.22. The number of halogens is 3. The number of rotatable bonds is 26. The van der Waals surface area contributed by atoms with Crippen LogP contribution in [0.3, 0.4) is 0 Å². The second kappa shape index (κ2) is 31.5. The summed E-state index contributed by atoms with van der Waals surface area (Å²) in [5, 5.41) is 11.5. The first-order valence-electron chi connectivity index (χ1n) is 28.9. The molecule has 0 spiro atoms. The maximum absolute atomic E-state index is 16.4. The fraction of sp³-hybridized carbons (Fsp3) is 0.623. The molecular formula is C61H83F3N6O9. The van der Waals surface area contributed by atoms with Crippen LogP contribution in [0.4, 0.5) is 19.0 Å². The topological polar surface area (TPSA) is 174 Å². The number of hydrogen-bond acceptors (Lipinski definition) is 14. The van der Waals surface area contributed by atoms with E-state index in [9.17, 15) is 33.1 Å². The number of benzene rings is 2. The molecule has 6 heterocycles. The minimum atomic E-state index is -0.779. The summed E-state index contributed by atoms with van der Waals surface area (Å²) in [6.45, 7) is 11.6. The van der Waals surface area contributed by atoms with E-state index in [0.717, 1.165) is 70.8 Å². The molecule has 8 rings (SSSR count). The third-order valence-electron chi connectivity index (χ3n) is 15.6. The number of phenols is 1. The van der Waals surface area contributed by atoms with Crippen LogP contribution in [0.25, 0.3) is 32.9 Å². The quantitative estimate of drug-likeness (QED) is 0.0207. The molecule has 1 N–H and O–H groups in total. The van der Waals surface area contributed by atoms with Gasteiger partial charge in [-0.15, -0.1) is 6.42 Å². The molecule has 4 aliphatic heterocycles. The van der Waals surface area contributed by atoms with Gasteiger partial charge in [0.05, 0.1) is 18.1 Å². The van der Waals surface area contributed by atoms with Crippen LogP contribution in [-0.2, 0) is 33.4 Å². The van der Waals surface area contributed by atoms with Crippen LogP contribution in [0.2, 0.25) is 0 Å². The van der Waals surface area contributed by atoms with Crippen LogP contribution < -0.4 is 9.64 Å². The number of anilines is 1. The highest BCUT2D eigenvalue weighted by molar-refractivity contribution is 6.03. The van der Waals surface area contributed by atoms with Gasteiger partial charge < -0.3 is 33.9 Å². The van der Waals surface area contributed by atoms with Crippen molar-refractivity contribution in [3.8, 4) is 35.4 Å². The highest BCUT2D eigenvalue weighted by Crippen LogP contribution is 2.40. The van der Waals surface area contributed by atoms with Crippen LogP contribution in [0.15, 0.2) is 30.5 Å². The van der Waals surface area contributed by atoms with Gasteiger partial charge in [0.25, 0.3) is 6.47 Å². The van der Waals surface area contributed by atoms with Crippen LogP contribution in [0.5, 0.6) is 11.8 Å². The Morgan fingerprint density at radius 2 is 1.49 bits per heavy atom. The second-order valence-corrected chi connectivity index (χ2v) is 21.6. The zero-order valence-corrected chi connectivity index (χ0v) is 47.1. The molecule has 4 fully saturated rings. The number of piperazine rings is 1. The fourth-order valence-electron chi connectivity index (χ4n) is 11.2. The van der Waals surface area contributed by atoms with Crippen LogP contribution in [0, 0.1) is 29.9 Å². The second-order valence-electron chi connectivity index (χ2n) is 21.6. The molecule has 0 aliphatic carbocycles. The third-order valence-corrected chi connectivity index (χ3v) is 15.6. The number of fused-ring (bicyclic) bond motifs is 5. The van der Waals surface area contributed by atoms with Crippen molar-refractivity contribution in [1.82, 2.24) is 24.8 Å². The van der Waals surface area contributed by atoms with Gasteiger partial charge in [-0.1, -0.05) is 110 Å². The average Bonchev–Trinajstić information content (AvgIpc) is 4.20. The molecule has 432 valence electrons. The molecule has 0 radical (unpaired) electrons. The molecule has 2 aromatic carbocycles. The number of nitrogens with zero attached hydrogens (tertiary/aromatic N) is 6. The number of methoxy groups -OCH3 is 1. The average molecular weight is 1100 g/mol. The number of hydrogen-bond donors (Lipinski definition) is 1. The number of alkyl halides is 1. The summed E-state index contributed by atoms with van der Waals surface area (Å²) < 4.78 is 64.2. The Morgan fingerprint density at radius 1 is 0.861 bits per heavy atom. The maximum atomic E-state index is 16.4. The van der Waals surface area contributed by atoms with Crippen molar-refractivity contribution < 1.29 is 56.4 Å². The lowest BCUT2D eigenvalue weighted by atomic mass is 9.96. The van der Waals surface area contributed by atoms with Crippen molar-refractivity contribution in [3.63, 3.8) is 0 Å². The number of amides is 1. The first kappa shape index (κ1) is 62.0. The van der Waals surface area contributed by atoms with E-state index in [1.807, 2.05) is 4.90 Å². The van der Waals surface area contributed by atoms with Gasteiger partial charge in [0.1, 0.15) is 48.0 Å². The van der Waals surface area contributed by atoms with E-state index >= 15 is 4.39 Å². The lowest BCUT2D eigenvalue weighted by molar-refractivity contribution is -0.159. The van der Waals surface area contributed by atoms with Gasteiger partial charge in [-0.05, 0) is 81.0 Å². The first-order chi connectivity index (χ1) is 38.2. The first-order valence-corrected chi connectivity index (χ1v) is 28.9. The van der Waals surface area contributed by atoms with E-state index < -0.39 is 23.9 Å². The summed E-state index contributed by atoms with van der Waals surface area (Å²) in [5.74, 6) is 1.13. The number of terminal acetylenes is 1. The van der Waals surface area contributed by atoms with E-state index in [1.165, 1.54) is 88.9 Å². The summed E-state index contributed by atoms with van der Waals surface area (Å²) in [6, 6.07) is 6.08. The predicted molar refractivity (Wildman–Crippen MR) is 299 cm³/mol. The molecule has 18 heteroatoms. The number of carbonyl (C=O) groups is 4. The molecule has 5 atom stereocenters. The Kier molecular flexibility index (Phi) is 24.7. The van der Waals surface area contributed by atoms with Crippen molar-refractivity contribution in [2.24, 2.45) is 5.92 Å². The van der Waals surface area contributed by atoms with Crippen molar-refractivity contribution >= 4 is 51.8 Å². The smallest absolute Gasteiger partial charge is 0.318 e. The van der Waals surface area contributed by atoms with Crippen LogP contribution in [-0.4, -0.2) is 131 Å². The van der Waals surface area contributed by atoms with E-state index in [1.54, 1.807) is 0 Å².